The molecule has 0 heterocycles. The van der Waals surface area contributed by atoms with E-state index in [-0.39, 0.29) is 6.04 Å². The van der Waals surface area contributed by atoms with Gasteiger partial charge >= 0.3 is 0 Å². The molecular formula is C12H15Br2NO2S. The molecule has 1 fully saturated rings. The molecule has 0 aromatic heterocycles. The van der Waals surface area contributed by atoms with Gasteiger partial charge in [0, 0.05) is 22.4 Å². The zero-order chi connectivity index (χ0) is 13.2. The molecule has 0 aliphatic heterocycles. The van der Waals surface area contributed by atoms with Crippen LogP contribution < -0.4 is 0 Å². The number of halogens is 2. The molecule has 18 heavy (non-hydrogen) atoms. The van der Waals surface area contributed by atoms with Crippen LogP contribution in [0.5, 0.6) is 0 Å². The molecule has 1 aromatic rings. The number of rotatable bonds is 5. The smallest absolute Gasteiger partial charge is 0.207 e. The molecule has 0 amide bonds. The molecule has 6 heteroatoms. The Bertz CT molecular complexity index is 515. The van der Waals surface area contributed by atoms with Crippen LogP contribution in [-0.2, 0) is 10.0 Å². The third-order valence-corrected chi connectivity index (χ3v) is 6.53. The first-order valence-electron chi connectivity index (χ1n) is 5.89. The molecule has 1 aliphatic rings. The summed E-state index contributed by atoms with van der Waals surface area (Å²) < 4.78 is 27.6. The van der Waals surface area contributed by atoms with Crippen LogP contribution in [0.15, 0.2) is 33.6 Å². The highest BCUT2D eigenvalue weighted by molar-refractivity contribution is 9.10. The fourth-order valence-corrected chi connectivity index (χ4v) is 5.31. The number of sulfonamides is 1. The molecule has 1 aromatic carbocycles. The van der Waals surface area contributed by atoms with Crippen LogP contribution in [0.4, 0.5) is 0 Å². The number of alkyl halides is 1. The van der Waals surface area contributed by atoms with Crippen molar-refractivity contribution < 1.29 is 8.42 Å². The van der Waals surface area contributed by atoms with Crippen LogP contribution >= 0.6 is 31.9 Å². The van der Waals surface area contributed by atoms with Crippen molar-refractivity contribution in [3.05, 3.63) is 28.7 Å². The number of benzene rings is 1. The van der Waals surface area contributed by atoms with Crippen molar-refractivity contribution in [2.45, 2.75) is 30.2 Å². The van der Waals surface area contributed by atoms with Crippen molar-refractivity contribution in [3.8, 4) is 0 Å². The Morgan fingerprint density at radius 3 is 2.44 bits per heavy atom. The Morgan fingerprint density at radius 1 is 1.28 bits per heavy atom. The van der Waals surface area contributed by atoms with Crippen LogP contribution in [0, 0.1) is 0 Å². The molecule has 100 valence electrons. The van der Waals surface area contributed by atoms with E-state index in [0.29, 0.717) is 21.2 Å². The predicted octanol–water partition coefficient (Wildman–Crippen LogP) is 3.39. The van der Waals surface area contributed by atoms with Gasteiger partial charge in [-0.3, -0.25) is 0 Å². The Hall–Kier alpha value is 0.0900. The fourth-order valence-electron chi connectivity index (χ4n) is 2.04. The second-order valence-corrected chi connectivity index (χ2v) is 7.83. The molecule has 2 rings (SSSR count). The van der Waals surface area contributed by atoms with Gasteiger partial charge in [0.15, 0.2) is 0 Å². The lowest BCUT2D eigenvalue weighted by Gasteiger charge is -2.36. The molecular weight excluding hydrogens is 382 g/mol. The van der Waals surface area contributed by atoms with Crippen molar-refractivity contribution in [3.63, 3.8) is 0 Å². The predicted molar refractivity (Wildman–Crippen MR) is 79.5 cm³/mol. The van der Waals surface area contributed by atoms with Gasteiger partial charge in [-0.25, -0.2) is 8.42 Å². The Morgan fingerprint density at radius 2 is 1.94 bits per heavy atom. The van der Waals surface area contributed by atoms with Crippen molar-refractivity contribution in [1.82, 2.24) is 4.31 Å². The van der Waals surface area contributed by atoms with Crippen molar-refractivity contribution in [2.75, 3.05) is 11.9 Å². The highest BCUT2D eigenvalue weighted by Crippen LogP contribution is 2.32. The van der Waals surface area contributed by atoms with E-state index in [4.69, 9.17) is 0 Å². The average Bonchev–Trinajstić information content (AvgIpc) is 2.26. The maximum Gasteiger partial charge on any atom is 0.244 e. The second kappa shape index (κ2) is 6.03. The van der Waals surface area contributed by atoms with Gasteiger partial charge in [-0.2, -0.15) is 4.31 Å². The number of hydrogen-bond acceptors (Lipinski definition) is 2. The minimum atomic E-state index is -3.40. The Kier molecular flexibility index (Phi) is 4.86. The maximum atomic E-state index is 12.7. The first kappa shape index (κ1) is 14.5. The van der Waals surface area contributed by atoms with Crippen LogP contribution in [0.25, 0.3) is 0 Å². The maximum absolute atomic E-state index is 12.7. The lowest BCUT2D eigenvalue weighted by molar-refractivity contribution is 0.228. The summed E-state index contributed by atoms with van der Waals surface area (Å²) >= 11 is 6.66. The normalized spacial score (nSPS) is 16.8. The van der Waals surface area contributed by atoms with Gasteiger partial charge in [0.05, 0.1) is 4.90 Å². The lowest BCUT2D eigenvalue weighted by atomic mass is 9.93. The molecule has 1 saturated carbocycles. The molecule has 3 nitrogen and oxygen atoms in total. The van der Waals surface area contributed by atoms with E-state index in [2.05, 4.69) is 31.9 Å². The molecule has 0 bridgehead atoms. The molecule has 1 aliphatic carbocycles. The highest BCUT2D eigenvalue weighted by atomic mass is 79.9. The van der Waals surface area contributed by atoms with Crippen LogP contribution in [0.1, 0.15) is 19.3 Å². The van der Waals surface area contributed by atoms with Crippen LogP contribution in [0.2, 0.25) is 0 Å². The van der Waals surface area contributed by atoms with E-state index in [1.165, 1.54) is 0 Å². The quantitative estimate of drug-likeness (QED) is 0.715. The van der Waals surface area contributed by atoms with E-state index < -0.39 is 10.0 Å². The molecule has 0 atom stereocenters. The average molecular weight is 397 g/mol. The van der Waals surface area contributed by atoms with Crippen LogP contribution in [-0.4, -0.2) is 30.6 Å². The van der Waals surface area contributed by atoms with E-state index in [1.807, 2.05) is 6.07 Å². The summed E-state index contributed by atoms with van der Waals surface area (Å²) in [5, 5.41) is 0.660. The first-order valence-corrected chi connectivity index (χ1v) is 9.25. The summed E-state index contributed by atoms with van der Waals surface area (Å²) in [6, 6.07) is 7.16. The number of hydrogen-bond donors (Lipinski definition) is 0. The second-order valence-electron chi connectivity index (χ2n) is 4.32. The van der Waals surface area contributed by atoms with Gasteiger partial charge in [-0.15, -0.1) is 0 Å². The Balaban J connectivity index is 2.36. The topological polar surface area (TPSA) is 37.4 Å². The van der Waals surface area contributed by atoms with Crippen molar-refractivity contribution in [2.24, 2.45) is 0 Å². The van der Waals surface area contributed by atoms with Crippen molar-refractivity contribution >= 4 is 41.9 Å². The summed E-state index contributed by atoms with van der Waals surface area (Å²) in [5.74, 6) is 0. The molecule has 0 saturated heterocycles. The lowest BCUT2D eigenvalue weighted by Crippen LogP contribution is -2.45. The van der Waals surface area contributed by atoms with Gasteiger partial charge in [0.1, 0.15) is 0 Å². The summed E-state index contributed by atoms with van der Waals surface area (Å²) in [7, 11) is -3.40. The summed E-state index contributed by atoms with van der Waals surface area (Å²) in [6.07, 6.45) is 3.06. The summed E-state index contributed by atoms with van der Waals surface area (Å²) in [6.45, 7) is 0.522. The SMILES string of the molecule is O=S(=O)(c1ccccc1Br)N(CCBr)C1CCC1. The monoisotopic (exact) mass is 395 g/mol. The third-order valence-electron chi connectivity index (χ3n) is 3.21. The largest absolute Gasteiger partial charge is 0.244 e. The van der Waals surface area contributed by atoms with E-state index >= 15 is 0 Å². The van der Waals surface area contributed by atoms with Gasteiger partial charge < -0.3 is 0 Å². The molecule has 0 spiro atoms. The molecule has 0 N–H and O–H groups in total. The molecule has 0 radical (unpaired) electrons. The molecule has 0 unspecified atom stereocenters. The van der Waals surface area contributed by atoms with Gasteiger partial charge in [0.25, 0.3) is 0 Å². The van der Waals surface area contributed by atoms with E-state index in [9.17, 15) is 8.42 Å². The van der Waals surface area contributed by atoms with Crippen molar-refractivity contribution in [1.29, 1.82) is 0 Å². The number of nitrogens with zero attached hydrogens (tertiary/aromatic N) is 1. The Labute approximate surface area is 125 Å². The zero-order valence-electron chi connectivity index (χ0n) is 9.85. The van der Waals surface area contributed by atoms with E-state index in [1.54, 1.807) is 22.5 Å². The van der Waals surface area contributed by atoms with Gasteiger partial charge in [0.2, 0.25) is 10.0 Å². The minimum Gasteiger partial charge on any atom is -0.207 e. The van der Waals surface area contributed by atoms with E-state index in [0.717, 1.165) is 19.3 Å². The van der Waals surface area contributed by atoms with Gasteiger partial charge in [-0.1, -0.05) is 34.5 Å². The van der Waals surface area contributed by atoms with Crippen LogP contribution in [0.3, 0.4) is 0 Å². The highest BCUT2D eigenvalue weighted by Gasteiger charge is 2.35. The summed E-state index contributed by atoms with van der Waals surface area (Å²) in [4.78, 5) is 0.359. The van der Waals surface area contributed by atoms with Gasteiger partial charge in [-0.05, 0) is 40.9 Å². The first-order chi connectivity index (χ1) is 8.57. The standard InChI is InChI=1S/C12H15Br2NO2S/c13-8-9-15(10-4-3-5-10)18(16,17)12-7-2-1-6-11(12)14/h1-2,6-7,10H,3-5,8-9H2. The summed E-state index contributed by atoms with van der Waals surface area (Å²) in [5.41, 5.74) is 0. The third kappa shape index (κ3) is 2.81. The fraction of sp³-hybridized carbons (Fsp3) is 0.500. The zero-order valence-corrected chi connectivity index (χ0v) is 13.8. The minimum absolute atomic E-state index is 0.166.